The number of aromatic nitrogens is 1. The van der Waals surface area contributed by atoms with Gasteiger partial charge in [0.15, 0.2) is 5.13 Å². The largest absolute Gasteiger partial charge is 0.616 e. The lowest BCUT2D eigenvalue weighted by Crippen LogP contribution is -2.42. The number of hydrogen-bond acceptors (Lipinski definition) is 8. The number of aliphatic carboxylic acids is 1. The smallest absolute Gasteiger partial charge is 0.306 e. The van der Waals surface area contributed by atoms with Crippen molar-refractivity contribution in [2.24, 2.45) is 11.8 Å². The molecule has 0 bridgehead atoms. The highest BCUT2D eigenvalue weighted by Crippen LogP contribution is 2.36. The molecule has 8 nitrogen and oxygen atoms in total. The topological polar surface area (TPSA) is 113 Å². The number of carboxylic acids is 1. The van der Waals surface area contributed by atoms with Gasteiger partial charge in [0.1, 0.15) is 23.9 Å². The molecule has 0 spiro atoms. The third kappa shape index (κ3) is 6.61. The van der Waals surface area contributed by atoms with Crippen LogP contribution < -0.4 is 9.64 Å². The Morgan fingerprint density at radius 1 is 1.25 bits per heavy atom. The normalized spacial score (nSPS) is 20.3. The molecule has 210 valence electrons. The Labute approximate surface area is 242 Å². The summed E-state index contributed by atoms with van der Waals surface area (Å²) >= 11 is 0.853. The first-order valence-corrected chi connectivity index (χ1v) is 15.9. The number of nitrogens with zero attached hydrogens (tertiary/aromatic N) is 4. The first kappa shape index (κ1) is 28.4. The van der Waals surface area contributed by atoms with Gasteiger partial charge in [-0.2, -0.15) is 5.26 Å². The van der Waals surface area contributed by atoms with E-state index in [0.717, 1.165) is 58.7 Å². The molecule has 5 rings (SSSR count). The standard InChI is InChI=1S/C30H34N4O4S2/c1-20-13-23(17-33-9-11-40(37)12-10-33)3-5-24(20)18-38-28-6-4-22(15-31)14-26(28)27-19-39-30(32-27)34-8-7-25(29(35)36)21(2)16-34/h3-6,13-14,19,21,25H,7-12,16-18H2,1-2H3,(H,35,36). The molecule has 2 atom stereocenters. The van der Waals surface area contributed by atoms with Crippen LogP contribution in [0.15, 0.2) is 41.8 Å². The maximum atomic E-state index is 11.6. The third-order valence-electron chi connectivity index (χ3n) is 7.84. The summed E-state index contributed by atoms with van der Waals surface area (Å²) in [6.07, 6.45) is 0.598. The molecule has 0 aliphatic carbocycles. The summed E-state index contributed by atoms with van der Waals surface area (Å²) in [4.78, 5) is 20.9. The summed E-state index contributed by atoms with van der Waals surface area (Å²) in [5.74, 6) is 1.16. The number of hydrogen-bond donors (Lipinski definition) is 1. The Balaban J connectivity index is 1.28. The Kier molecular flexibility index (Phi) is 8.96. The lowest BCUT2D eigenvalue weighted by atomic mass is 9.87. The molecule has 3 aromatic rings. The predicted molar refractivity (Wildman–Crippen MR) is 158 cm³/mol. The van der Waals surface area contributed by atoms with Gasteiger partial charge in [-0.1, -0.05) is 36.3 Å². The van der Waals surface area contributed by atoms with Gasteiger partial charge in [0, 0.05) is 43.7 Å². The molecule has 2 saturated heterocycles. The fraction of sp³-hybridized carbons (Fsp3) is 0.433. The summed E-state index contributed by atoms with van der Waals surface area (Å²) in [6.45, 7) is 8.37. The van der Waals surface area contributed by atoms with Gasteiger partial charge in [-0.15, -0.1) is 11.3 Å². The van der Waals surface area contributed by atoms with Crippen molar-refractivity contribution in [2.45, 2.75) is 33.4 Å². The van der Waals surface area contributed by atoms with Crippen LogP contribution >= 0.6 is 11.3 Å². The Bertz CT molecular complexity index is 1400. The molecule has 2 aliphatic heterocycles. The molecule has 0 saturated carbocycles. The van der Waals surface area contributed by atoms with Crippen LogP contribution in [0.25, 0.3) is 11.3 Å². The van der Waals surface area contributed by atoms with Crippen molar-refractivity contribution in [3.8, 4) is 23.1 Å². The average molecular weight is 579 g/mol. The molecule has 10 heteroatoms. The number of carboxylic acid groups (broad SMARTS) is 1. The van der Waals surface area contributed by atoms with Crippen molar-refractivity contribution >= 4 is 33.6 Å². The van der Waals surface area contributed by atoms with Crippen molar-refractivity contribution in [3.05, 3.63) is 64.0 Å². The zero-order valence-corrected chi connectivity index (χ0v) is 24.5. The number of carbonyl (C=O) groups is 1. The number of anilines is 1. The molecule has 2 aliphatic rings. The van der Waals surface area contributed by atoms with Gasteiger partial charge in [-0.05, 0) is 54.2 Å². The van der Waals surface area contributed by atoms with Crippen LogP contribution in [0.5, 0.6) is 5.75 Å². The van der Waals surface area contributed by atoms with Gasteiger partial charge in [-0.25, -0.2) is 4.98 Å². The maximum absolute atomic E-state index is 11.6. The number of aryl methyl sites for hydroxylation is 1. The lowest BCUT2D eigenvalue weighted by Gasteiger charge is -2.34. The number of benzene rings is 2. The van der Waals surface area contributed by atoms with E-state index in [1.807, 2.05) is 24.4 Å². The molecule has 2 aromatic carbocycles. The van der Waals surface area contributed by atoms with E-state index in [0.29, 0.717) is 37.4 Å². The van der Waals surface area contributed by atoms with Crippen LogP contribution in [0.4, 0.5) is 5.13 Å². The summed E-state index contributed by atoms with van der Waals surface area (Å²) in [5.41, 5.74) is 5.54. The zero-order valence-electron chi connectivity index (χ0n) is 22.8. The van der Waals surface area contributed by atoms with E-state index in [9.17, 15) is 19.7 Å². The fourth-order valence-electron chi connectivity index (χ4n) is 5.41. The van der Waals surface area contributed by atoms with Crippen molar-refractivity contribution < 1.29 is 19.2 Å². The van der Waals surface area contributed by atoms with E-state index in [1.54, 1.807) is 6.07 Å². The Morgan fingerprint density at radius 3 is 2.75 bits per heavy atom. The van der Waals surface area contributed by atoms with E-state index in [1.165, 1.54) is 16.9 Å². The first-order valence-electron chi connectivity index (χ1n) is 13.6. The summed E-state index contributed by atoms with van der Waals surface area (Å²) in [7, 11) is 0. The highest BCUT2D eigenvalue weighted by atomic mass is 32.2. The second kappa shape index (κ2) is 12.6. The van der Waals surface area contributed by atoms with Crippen molar-refractivity contribution in [3.63, 3.8) is 0 Å². The van der Waals surface area contributed by atoms with Crippen LogP contribution in [0, 0.1) is 30.1 Å². The van der Waals surface area contributed by atoms with Gasteiger partial charge < -0.3 is 19.3 Å². The highest BCUT2D eigenvalue weighted by Gasteiger charge is 2.32. The molecular weight excluding hydrogens is 544 g/mol. The number of rotatable bonds is 8. The molecule has 1 aromatic heterocycles. The molecule has 0 amide bonds. The van der Waals surface area contributed by atoms with Crippen LogP contribution in [-0.2, 0) is 29.1 Å². The van der Waals surface area contributed by atoms with Crippen LogP contribution in [0.2, 0.25) is 0 Å². The molecule has 0 radical (unpaired) electrons. The van der Waals surface area contributed by atoms with Crippen molar-refractivity contribution in [2.75, 3.05) is 42.6 Å². The SMILES string of the molecule is Cc1cc(CN2CC[S+]([O-])CC2)ccc1COc1ccc(C#N)cc1-c1csc(N2CCC(C(=O)O)C(C)C2)n1. The van der Waals surface area contributed by atoms with Gasteiger partial charge in [0.25, 0.3) is 0 Å². The van der Waals surface area contributed by atoms with Crippen LogP contribution in [0.3, 0.4) is 0 Å². The van der Waals surface area contributed by atoms with E-state index >= 15 is 0 Å². The minimum Gasteiger partial charge on any atom is -0.616 e. The minimum atomic E-state index is -0.729. The highest BCUT2D eigenvalue weighted by molar-refractivity contribution is 7.91. The number of nitriles is 1. The summed E-state index contributed by atoms with van der Waals surface area (Å²) in [6, 6.07) is 14.1. The second-order valence-corrected chi connectivity index (χ2v) is 13.2. The maximum Gasteiger partial charge on any atom is 0.306 e. The number of thiazole rings is 1. The van der Waals surface area contributed by atoms with E-state index < -0.39 is 17.1 Å². The van der Waals surface area contributed by atoms with E-state index in [2.05, 4.69) is 41.0 Å². The molecule has 40 heavy (non-hydrogen) atoms. The summed E-state index contributed by atoms with van der Waals surface area (Å²) < 4.78 is 18.0. The number of piperidine rings is 1. The van der Waals surface area contributed by atoms with Crippen LogP contribution in [-0.4, -0.2) is 63.2 Å². The second-order valence-electron chi connectivity index (χ2n) is 10.7. The molecule has 3 heterocycles. The Morgan fingerprint density at radius 2 is 2.05 bits per heavy atom. The fourth-order valence-corrected chi connectivity index (χ4v) is 7.40. The molecule has 2 fully saturated rings. The average Bonchev–Trinajstić information content (AvgIpc) is 3.44. The van der Waals surface area contributed by atoms with Crippen molar-refractivity contribution in [1.29, 1.82) is 5.26 Å². The molecule has 2 unspecified atom stereocenters. The van der Waals surface area contributed by atoms with E-state index in [-0.39, 0.29) is 11.8 Å². The third-order valence-corrected chi connectivity index (χ3v) is 10.0. The molecule has 1 N–H and O–H groups in total. The number of ether oxygens (including phenoxy) is 1. The molecular formula is C30H34N4O4S2. The monoisotopic (exact) mass is 578 g/mol. The van der Waals surface area contributed by atoms with Gasteiger partial charge in [0.05, 0.1) is 23.2 Å². The first-order chi connectivity index (χ1) is 19.3. The Hall–Kier alpha value is -3.10. The van der Waals surface area contributed by atoms with Gasteiger partial charge in [0.2, 0.25) is 0 Å². The van der Waals surface area contributed by atoms with Gasteiger partial charge >= 0.3 is 5.97 Å². The van der Waals surface area contributed by atoms with Gasteiger partial charge in [-0.3, -0.25) is 9.69 Å². The van der Waals surface area contributed by atoms with E-state index in [4.69, 9.17) is 9.72 Å². The predicted octanol–water partition coefficient (Wildman–Crippen LogP) is 4.68. The van der Waals surface area contributed by atoms with Crippen molar-refractivity contribution in [1.82, 2.24) is 9.88 Å². The van der Waals surface area contributed by atoms with Crippen LogP contribution in [0.1, 0.15) is 35.6 Å². The summed E-state index contributed by atoms with van der Waals surface area (Å²) in [5, 5.41) is 21.8. The zero-order chi connectivity index (χ0) is 28.2. The lowest BCUT2D eigenvalue weighted by molar-refractivity contribution is -0.144. The quantitative estimate of drug-likeness (QED) is 0.384. The minimum absolute atomic E-state index is 0.0411.